The summed E-state index contributed by atoms with van der Waals surface area (Å²) in [6.07, 6.45) is 2.75. The van der Waals surface area contributed by atoms with E-state index in [1.165, 1.54) is 16.8 Å². The molecule has 1 heterocycles. The van der Waals surface area contributed by atoms with Gasteiger partial charge in [0, 0.05) is 17.6 Å². The summed E-state index contributed by atoms with van der Waals surface area (Å²) in [7, 11) is 1.69. The molecular formula is C22H24N2O2. The van der Waals surface area contributed by atoms with Crippen LogP contribution in [0.1, 0.15) is 41.1 Å². The smallest absolute Gasteiger partial charge is 0.225 e. The van der Waals surface area contributed by atoms with E-state index >= 15 is 0 Å². The summed E-state index contributed by atoms with van der Waals surface area (Å²) < 4.78 is 8.04. The Morgan fingerprint density at radius 2 is 2.00 bits per heavy atom. The van der Waals surface area contributed by atoms with Crippen LogP contribution in [0.2, 0.25) is 0 Å². The average Bonchev–Trinajstić information content (AvgIpc) is 2.98. The van der Waals surface area contributed by atoms with Gasteiger partial charge < -0.3 is 15.0 Å². The summed E-state index contributed by atoms with van der Waals surface area (Å²) in [5, 5.41) is 1.06. The highest BCUT2D eigenvalue weighted by molar-refractivity contribution is 5.98. The molecule has 0 spiro atoms. The van der Waals surface area contributed by atoms with Gasteiger partial charge in [-0.3, -0.25) is 4.79 Å². The number of benzene rings is 2. The molecule has 0 bridgehead atoms. The quantitative estimate of drug-likeness (QED) is 0.777. The lowest BCUT2D eigenvalue weighted by Gasteiger charge is -2.22. The number of methoxy groups -OCH3 is 1. The molecule has 1 aliphatic carbocycles. The van der Waals surface area contributed by atoms with Crippen LogP contribution < -0.4 is 10.5 Å². The SMILES string of the molecule is COc1ccc(C)c2c1c1c(n2Cc2ccccc2)CCCC1C(N)=O. The minimum atomic E-state index is -0.242. The van der Waals surface area contributed by atoms with Crippen LogP contribution in [0, 0.1) is 6.92 Å². The van der Waals surface area contributed by atoms with Gasteiger partial charge in [-0.15, -0.1) is 0 Å². The molecule has 2 N–H and O–H groups in total. The maximum Gasteiger partial charge on any atom is 0.225 e. The number of hydrogen-bond acceptors (Lipinski definition) is 2. The zero-order valence-corrected chi connectivity index (χ0v) is 15.3. The van der Waals surface area contributed by atoms with Crippen LogP contribution in [0.4, 0.5) is 0 Å². The number of carbonyl (C=O) groups excluding carboxylic acids is 1. The molecule has 1 unspecified atom stereocenters. The Bertz CT molecular complexity index is 973. The van der Waals surface area contributed by atoms with Gasteiger partial charge in [0.1, 0.15) is 5.75 Å². The molecule has 26 heavy (non-hydrogen) atoms. The van der Waals surface area contributed by atoms with Crippen LogP contribution in [0.15, 0.2) is 42.5 Å². The summed E-state index contributed by atoms with van der Waals surface area (Å²) in [6, 6.07) is 14.5. The van der Waals surface area contributed by atoms with Gasteiger partial charge in [0.25, 0.3) is 0 Å². The van der Waals surface area contributed by atoms with Gasteiger partial charge in [0.2, 0.25) is 5.91 Å². The van der Waals surface area contributed by atoms with Crippen LogP contribution in [0.5, 0.6) is 5.75 Å². The fourth-order valence-corrected chi connectivity index (χ4v) is 4.37. The monoisotopic (exact) mass is 348 g/mol. The van der Waals surface area contributed by atoms with Gasteiger partial charge >= 0.3 is 0 Å². The number of aromatic nitrogens is 1. The predicted octanol–water partition coefficient (Wildman–Crippen LogP) is 3.91. The Kier molecular flexibility index (Phi) is 4.19. The Morgan fingerprint density at radius 1 is 1.23 bits per heavy atom. The Morgan fingerprint density at radius 3 is 2.69 bits per heavy atom. The third-order valence-electron chi connectivity index (χ3n) is 5.52. The zero-order chi connectivity index (χ0) is 18.3. The first-order valence-electron chi connectivity index (χ1n) is 9.13. The number of rotatable bonds is 4. The summed E-state index contributed by atoms with van der Waals surface area (Å²) >= 11 is 0. The summed E-state index contributed by atoms with van der Waals surface area (Å²) in [4.78, 5) is 12.2. The molecule has 0 saturated heterocycles. The number of amides is 1. The molecule has 2 aromatic carbocycles. The van der Waals surface area contributed by atoms with Crippen molar-refractivity contribution < 1.29 is 9.53 Å². The molecule has 0 radical (unpaired) electrons. The normalized spacial score (nSPS) is 16.5. The molecule has 134 valence electrons. The molecule has 0 fully saturated rings. The lowest BCUT2D eigenvalue weighted by molar-refractivity contribution is -0.119. The maximum absolute atomic E-state index is 12.2. The number of nitrogens with zero attached hydrogens (tertiary/aromatic N) is 1. The predicted molar refractivity (Wildman–Crippen MR) is 104 cm³/mol. The molecule has 1 aromatic heterocycles. The zero-order valence-electron chi connectivity index (χ0n) is 15.3. The van der Waals surface area contributed by atoms with E-state index in [0.717, 1.165) is 48.0 Å². The highest BCUT2D eigenvalue weighted by Crippen LogP contribution is 2.44. The fourth-order valence-electron chi connectivity index (χ4n) is 4.37. The van der Waals surface area contributed by atoms with Gasteiger partial charge in [0.05, 0.1) is 18.5 Å². The number of ether oxygens (including phenoxy) is 1. The van der Waals surface area contributed by atoms with Crippen LogP contribution >= 0.6 is 0 Å². The van der Waals surface area contributed by atoms with E-state index in [1.807, 2.05) is 12.1 Å². The van der Waals surface area contributed by atoms with Crippen molar-refractivity contribution in [2.24, 2.45) is 5.73 Å². The van der Waals surface area contributed by atoms with Gasteiger partial charge in [-0.05, 0) is 48.9 Å². The van der Waals surface area contributed by atoms with Crippen molar-refractivity contribution in [2.45, 2.75) is 38.6 Å². The number of primary amides is 1. The third kappa shape index (κ3) is 2.57. The molecule has 0 aliphatic heterocycles. The summed E-state index contributed by atoms with van der Waals surface area (Å²) in [6.45, 7) is 2.90. The number of fused-ring (bicyclic) bond motifs is 3. The van der Waals surface area contributed by atoms with Crippen molar-refractivity contribution in [1.29, 1.82) is 0 Å². The van der Waals surface area contributed by atoms with Crippen molar-refractivity contribution in [3.63, 3.8) is 0 Å². The lowest BCUT2D eigenvalue weighted by Crippen LogP contribution is -2.25. The standard InChI is InChI=1S/C22H24N2O2/c1-14-11-12-18(26-2)20-19-16(22(23)25)9-6-10-17(19)24(21(14)20)13-15-7-4-3-5-8-15/h3-5,7-8,11-12,16H,6,9-10,13H2,1-2H3,(H2,23,25). The minimum absolute atomic E-state index is 0.242. The Hall–Kier alpha value is -2.75. The molecule has 1 aliphatic rings. The van der Waals surface area contributed by atoms with Crippen molar-refractivity contribution in [1.82, 2.24) is 4.57 Å². The molecule has 1 amide bonds. The van der Waals surface area contributed by atoms with Gasteiger partial charge in [-0.1, -0.05) is 36.4 Å². The second kappa shape index (κ2) is 6.52. The maximum atomic E-state index is 12.2. The summed E-state index contributed by atoms with van der Waals surface area (Å²) in [5.74, 6) is 0.337. The minimum Gasteiger partial charge on any atom is -0.496 e. The third-order valence-corrected chi connectivity index (χ3v) is 5.52. The van der Waals surface area contributed by atoms with E-state index < -0.39 is 0 Å². The first-order valence-corrected chi connectivity index (χ1v) is 9.13. The molecule has 4 rings (SSSR count). The van der Waals surface area contributed by atoms with Crippen molar-refractivity contribution in [3.05, 3.63) is 64.8 Å². The highest BCUT2D eigenvalue weighted by Gasteiger charge is 2.32. The number of hydrogen-bond donors (Lipinski definition) is 1. The van der Waals surface area contributed by atoms with E-state index in [1.54, 1.807) is 7.11 Å². The second-order valence-electron chi connectivity index (χ2n) is 7.09. The molecule has 0 saturated carbocycles. The molecule has 4 heteroatoms. The number of aryl methyl sites for hydroxylation is 1. The summed E-state index contributed by atoms with van der Waals surface area (Å²) in [5.41, 5.74) is 11.7. The fraction of sp³-hybridized carbons (Fsp3) is 0.318. The van der Waals surface area contributed by atoms with Crippen molar-refractivity contribution in [3.8, 4) is 5.75 Å². The first kappa shape index (κ1) is 16.7. The van der Waals surface area contributed by atoms with E-state index in [0.29, 0.717) is 0 Å². The van der Waals surface area contributed by atoms with E-state index in [2.05, 4.69) is 41.8 Å². The van der Waals surface area contributed by atoms with Gasteiger partial charge in [0.15, 0.2) is 0 Å². The van der Waals surface area contributed by atoms with Crippen molar-refractivity contribution >= 4 is 16.8 Å². The Labute approximate surface area is 153 Å². The van der Waals surface area contributed by atoms with E-state index in [-0.39, 0.29) is 11.8 Å². The topological polar surface area (TPSA) is 57.2 Å². The van der Waals surface area contributed by atoms with Crippen LogP contribution in [-0.4, -0.2) is 17.6 Å². The molecule has 3 aromatic rings. The van der Waals surface area contributed by atoms with E-state index in [4.69, 9.17) is 10.5 Å². The van der Waals surface area contributed by atoms with E-state index in [9.17, 15) is 4.79 Å². The van der Waals surface area contributed by atoms with Crippen LogP contribution in [-0.2, 0) is 17.8 Å². The Balaban J connectivity index is 2.04. The number of carbonyl (C=O) groups is 1. The molecule has 1 atom stereocenters. The highest BCUT2D eigenvalue weighted by atomic mass is 16.5. The molecular weight excluding hydrogens is 324 g/mol. The van der Waals surface area contributed by atoms with Gasteiger partial charge in [-0.25, -0.2) is 0 Å². The second-order valence-corrected chi connectivity index (χ2v) is 7.09. The molecule has 4 nitrogen and oxygen atoms in total. The van der Waals surface area contributed by atoms with Crippen LogP contribution in [0.25, 0.3) is 10.9 Å². The first-order chi connectivity index (χ1) is 12.6. The van der Waals surface area contributed by atoms with Gasteiger partial charge in [-0.2, -0.15) is 0 Å². The van der Waals surface area contributed by atoms with Crippen molar-refractivity contribution in [2.75, 3.05) is 7.11 Å². The lowest BCUT2D eigenvalue weighted by atomic mass is 9.84. The van der Waals surface area contributed by atoms with Crippen LogP contribution in [0.3, 0.4) is 0 Å². The average molecular weight is 348 g/mol. The number of nitrogens with two attached hydrogens (primary N) is 1. The largest absolute Gasteiger partial charge is 0.496 e.